The Morgan fingerprint density at radius 3 is 2.65 bits per heavy atom. The van der Waals surface area contributed by atoms with Crippen LogP contribution in [0.5, 0.6) is 0 Å². The smallest absolute Gasteiger partial charge is 0.272 e. The van der Waals surface area contributed by atoms with Gasteiger partial charge >= 0.3 is 0 Å². The summed E-state index contributed by atoms with van der Waals surface area (Å²) in [6.45, 7) is 0.266. The third-order valence-corrected chi connectivity index (χ3v) is 6.90. The topological polar surface area (TPSA) is 111 Å². The Bertz CT molecular complexity index is 1050. The Hall–Kier alpha value is -2.18. The van der Waals surface area contributed by atoms with E-state index in [1.165, 1.54) is 16.9 Å². The SMILES string of the molecule is Cn1cc(CNC(=O)c2c(NS(=O)(=O)c3ccc(Br)s3)cnn2C)cn1. The first-order valence-electron chi connectivity index (χ1n) is 7.32. The average Bonchev–Trinajstić information content (AvgIpc) is 3.26. The van der Waals surface area contributed by atoms with Gasteiger partial charge in [-0.3, -0.25) is 18.9 Å². The van der Waals surface area contributed by atoms with E-state index in [1.807, 2.05) is 0 Å². The monoisotopic (exact) mass is 458 g/mol. The van der Waals surface area contributed by atoms with E-state index in [0.29, 0.717) is 3.79 Å². The number of carbonyl (C=O) groups excluding carboxylic acids is 1. The van der Waals surface area contributed by atoms with Crippen molar-refractivity contribution in [3.63, 3.8) is 0 Å². The van der Waals surface area contributed by atoms with Crippen molar-refractivity contribution in [1.82, 2.24) is 24.9 Å². The fourth-order valence-electron chi connectivity index (χ4n) is 2.25. The molecular weight excluding hydrogens is 444 g/mol. The van der Waals surface area contributed by atoms with E-state index in [-0.39, 0.29) is 22.1 Å². The van der Waals surface area contributed by atoms with Gasteiger partial charge in [0, 0.05) is 32.4 Å². The normalized spacial score (nSPS) is 11.5. The third-order valence-electron chi connectivity index (χ3n) is 3.42. The van der Waals surface area contributed by atoms with Gasteiger partial charge in [0.2, 0.25) is 0 Å². The Labute approximate surface area is 162 Å². The highest BCUT2D eigenvalue weighted by molar-refractivity contribution is 9.11. The molecule has 0 saturated carbocycles. The Balaban J connectivity index is 1.79. The molecule has 0 aromatic carbocycles. The van der Waals surface area contributed by atoms with Gasteiger partial charge in [-0.2, -0.15) is 10.2 Å². The fraction of sp³-hybridized carbons (Fsp3) is 0.214. The lowest BCUT2D eigenvalue weighted by atomic mass is 10.3. The molecule has 0 aliphatic rings. The maximum Gasteiger partial charge on any atom is 0.272 e. The molecule has 0 radical (unpaired) electrons. The molecule has 2 N–H and O–H groups in total. The van der Waals surface area contributed by atoms with Crippen molar-refractivity contribution in [3.8, 4) is 0 Å². The van der Waals surface area contributed by atoms with Crippen LogP contribution < -0.4 is 10.0 Å². The Morgan fingerprint density at radius 2 is 2.04 bits per heavy atom. The van der Waals surface area contributed by atoms with Gasteiger partial charge in [0.1, 0.15) is 9.90 Å². The first kappa shape index (κ1) is 18.6. The van der Waals surface area contributed by atoms with Crippen molar-refractivity contribution in [2.45, 2.75) is 10.8 Å². The van der Waals surface area contributed by atoms with E-state index < -0.39 is 15.9 Å². The van der Waals surface area contributed by atoms with E-state index in [4.69, 9.17) is 0 Å². The van der Waals surface area contributed by atoms with Gasteiger partial charge in [-0.15, -0.1) is 11.3 Å². The van der Waals surface area contributed by atoms with Crippen LogP contribution in [0.4, 0.5) is 5.69 Å². The van der Waals surface area contributed by atoms with E-state index in [0.717, 1.165) is 16.9 Å². The van der Waals surface area contributed by atoms with Crippen molar-refractivity contribution in [1.29, 1.82) is 0 Å². The summed E-state index contributed by atoms with van der Waals surface area (Å²) in [5, 5.41) is 10.7. The van der Waals surface area contributed by atoms with E-state index in [9.17, 15) is 13.2 Å². The maximum absolute atomic E-state index is 12.5. The summed E-state index contributed by atoms with van der Waals surface area (Å²) in [6.07, 6.45) is 4.72. The number of hydrogen-bond acceptors (Lipinski definition) is 6. The zero-order chi connectivity index (χ0) is 18.9. The summed E-state index contributed by atoms with van der Waals surface area (Å²) in [5.41, 5.74) is 1.06. The van der Waals surface area contributed by atoms with Crippen LogP contribution in [0.15, 0.2) is 38.7 Å². The van der Waals surface area contributed by atoms with Gasteiger partial charge in [0.15, 0.2) is 0 Å². The molecule has 138 valence electrons. The standard InChI is InChI=1S/C14H15BrN6O3S2/c1-20-8-9(6-17-20)5-16-14(22)13-10(7-18-21(13)2)19-26(23,24)12-4-3-11(15)25-12/h3-4,6-8,19H,5H2,1-2H3,(H,16,22). The number of hydrogen-bond donors (Lipinski definition) is 2. The molecular formula is C14H15BrN6O3S2. The zero-order valence-corrected chi connectivity index (χ0v) is 17.0. The van der Waals surface area contributed by atoms with Gasteiger partial charge in [-0.1, -0.05) is 0 Å². The number of nitrogens with zero attached hydrogens (tertiary/aromatic N) is 4. The lowest BCUT2D eigenvalue weighted by molar-refractivity contribution is 0.0942. The minimum atomic E-state index is -3.81. The van der Waals surface area contributed by atoms with Gasteiger partial charge in [-0.25, -0.2) is 8.42 Å². The van der Waals surface area contributed by atoms with Crippen LogP contribution in [-0.2, 0) is 30.7 Å². The molecule has 0 unspecified atom stereocenters. The number of nitrogens with one attached hydrogen (secondary N) is 2. The molecule has 26 heavy (non-hydrogen) atoms. The zero-order valence-electron chi connectivity index (χ0n) is 13.8. The fourth-order valence-corrected chi connectivity index (χ4v) is 5.31. The average molecular weight is 459 g/mol. The van der Waals surface area contributed by atoms with Crippen LogP contribution in [0.1, 0.15) is 16.1 Å². The summed E-state index contributed by atoms with van der Waals surface area (Å²) >= 11 is 4.31. The second-order valence-corrected chi connectivity index (χ2v) is 9.77. The number of aryl methyl sites for hydroxylation is 2. The highest BCUT2D eigenvalue weighted by Gasteiger charge is 2.23. The molecule has 0 bridgehead atoms. The largest absolute Gasteiger partial charge is 0.346 e. The molecule has 3 aromatic rings. The minimum Gasteiger partial charge on any atom is -0.346 e. The van der Waals surface area contributed by atoms with Crippen molar-refractivity contribution in [2.75, 3.05) is 4.72 Å². The lowest BCUT2D eigenvalue weighted by Crippen LogP contribution is -2.26. The molecule has 1 amide bonds. The predicted molar refractivity (Wildman–Crippen MR) is 100 cm³/mol. The quantitative estimate of drug-likeness (QED) is 0.583. The predicted octanol–water partition coefficient (Wildman–Crippen LogP) is 1.71. The van der Waals surface area contributed by atoms with Crippen molar-refractivity contribution < 1.29 is 13.2 Å². The lowest BCUT2D eigenvalue weighted by Gasteiger charge is -2.09. The van der Waals surface area contributed by atoms with Gasteiger partial charge in [-0.05, 0) is 28.1 Å². The summed E-state index contributed by atoms with van der Waals surface area (Å²) in [5.74, 6) is -0.445. The molecule has 3 heterocycles. The van der Waals surface area contributed by atoms with Crippen LogP contribution in [-0.4, -0.2) is 33.9 Å². The molecule has 0 aliphatic carbocycles. The molecule has 0 saturated heterocycles. The minimum absolute atomic E-state index is 0.112. The molecule has 0 aliphatic heterocycles. The molecule has 9 nitrogen and oxygen atoms in total. The molecule has 0 spiro atoms. The number of anilines is 1. The third kappa shape index (κ3) is 3.97. The van der Waals surface area contributed by atoms with Gasteiger partial charge in [0.05, 0.1) is 21.9 Å². The highest BCUT2D eigenvalue weighted by atomic mass is 79.9. The van der Waals surface area contributed by atoms with Crippen LogP contribution in [0.2, 0.25) is 0 Å². The van der Waals surface area contributed by atoms with Crippen molar-refractivity contribution >= 4 is 48.9 Å². The second-order valence-electron chi connectivity index (χ2n) is 5.40. The number of amides is 1. The van der Waals surface area contributed by atoms with E-state index in [2.05, 4.69) is 36.2 Å². The molecule has 3 rings (SSSR count). The summed E-state index contributed by atoms with van der Waals surface area (Å²) in [7, 11) is -0.459. The maximum atomic E-state index is 12.5. The van der Waals surface area contributed by atoms with E-state index in [1.54, 1.807) is 37.2 Å². The number of sulfonamides is 1. The number of rotatable bonds is 6. The second kappa shape index (κ2) is 7.21. The number of thiophene rings is 1. The summed E-state index contributed by atoms with van der Waals surface area (Å²) < 4.78 is 31.2. The number of carbonyl (C=O) groups is 1. The number of aromatic nitrogens is 4. The molecule has 3 aromatic heterocycles. The first-order chi connectivity index (χ1) is 12.3. The highest BCUT2D eigenvalue weighted by Crippen LogP contribution is 2.28. The van der Waals surface area contributed by atoms with Crippen molar-refractivity contribution in [2.24, 2.45) is 14.1 Å². The first-order valence-corrected chi connectivity index (χ1v) is 10.4. The molecule has 0 fully saturated rings. The van der Waals surface area contributed by atoms with Crippen molar-refractivity contribution in [3.05, 3.63) is 45.8 Å². The van der Waals surface area contributed by atoms with Gasteiger partial charge < -0.3 is 5.32 Å². The summed E-state index contributed by atoms with van der Waals surface area (Å²) in [6, 6.07) is 3.12. The Kier molecular flexibility index (Phi) is 5.16. The Morgan fingerprint density at radius 1 is 1.27 bits per heavy atom. The number of halogens is 1. The molecule has 0 atom stereocenters. The molecule has 12 heteroatoms. The van der Waals surface area contributed by atoms with Crippen LogP contribution in [0, 0.1) is 0 Å². The van der Waals surface area contributed by atoms with Crippen LogP contribution in [0.25, 0.3) is 0 Å². The van der Waals surface area contributed by atoms with Gasteiger partial charge in [0.25, 0.3) is 15.9 Å². The summed E-state index contributed by atoms with van der Waals surface area (Å²) in [4.78, 5) is 12.5. The van der Waals surface area contributed by atoms with Crippen LogP contribution in [0.3, 0.4) is 0 Å². The van der Waals surface area contributed by atoms with Crippen LogP contribution >= 0.6 is 27.3 Å². The van der Waals surface area contributed by atoms with E-state index >= 15 is 0 Å².